The molecule has 14 heavy (non-hydrogen) atoms. The van der Waals surface area contributed by atoms with E-state index in [0.29, 0.717) is 0 Å². The van der Waals surface area contributed by atoms with Crippen molar-refractivity contribution < 1.29 is 4.79 Å². The minimum Gasteiger partial charge on any atom is -0.351 e. The number of carbonyl (C=O) groups excluding carboxylic acids is 1. The number of hydrogen-bond acceptors (Lipinski definition) is 2. The summed E-state index contributed by atoms with van der Waals surface area (Å²) in [6.45, 7) is 2.62. The number of nitrogens with one attached hydrogen (secondary N) is 1. The fourth-order valence-electron chi connectivity index (χ4n) is 1.83. The van der Waals surface area contributed by atoms with Crippen molar-refractivity contribution in [2.24, 2.45) is 0 Å². The van der Waals surface area contributed by atoms with Gasteiger partial charge in [0.25, 0.3) is 0 Å². The van der Waals surface area contributed by atoms with E-state index in [1.54, 1.807) is 12.2 Å². The van der Waals surface area contributed by atoms with Crippen LogP contribution >= 0.6 is 0 Å². The topological polar surface area (TPSA) is 32.3 Å². The number of carbonyl (C=O) groups is 1. The Balaban J connectivity index is 2.39. The highest BCUT2D eigenvalue weighted by Crippen LogP contribution is 2.35. The maximum atomic E-state index is 11.2. The van der Waals surface area contributed by atoms with Gasteiger partial charge in [-0.15, -0.1) is 0 Å². The van der Waals surface area contributed by atoms with E-state index < -0.39 is 0 Å². The number of hydrogen-bond donors (Lipinski definition) is 1. The second-order valence-electron chi connectivity index (χ2n) is 4.19. The lowest BCUT2D eigenvalue weighted by atomic mass is 9.75. The van der Waals surface area contributed by atoms with Crippen molar-refractivity contribution in [1.29, 1.82) is 0 Å². The van der Waals surface area contributed by atoms with Crippen LogP contribution in [0.1, 0.15) is 26.2 Å². The number of rotatable bonds is 4. The molecule has 1 saturated carbocycles. The Morgan fingerprint density at radius 2 is 2.14 bits per heavy atom. The van der Waals surface area contributed by atoms with Crippen molar-refractivity contribution in [3.8, 4) is 0 Å². The van der Waals surface area contributed by atoms with Crippen LogP contribution < -0.4 is 5.32 Å². The van der Waals surface area contributed by atoms with Crippen molar-refractivity contribution >= 4 is 5.91 Å². The first kappa shape index (κ1) is 11.2. The van der Waals surface area contributed by atoms with Gasteiger partial charge in [-0.25, -0.2) is 0 Å². The average Bonchev–Trinajstić information content (AvgIpc) is 2.02. The quantitative estimate of drug-likeness (QED) is 0.684. The Labute approximate surface area is 86.2 Å². The lowest BCUT2D eigenvalue weighted by Crippen LogP contribution is -2.57. The largest absolute Gasteiger partial charge is 0.351 e. The smallest absolute Gasteiger partial charge is 0.243 e. The van der Waals surface area contributed by atoms with Crippen LogP contribution in [-0.4, -0.2) is 37.0 Å². The lowest BCUT2D eigenvalue weighted by Gasteiger charge is -2.47. The van der Waals surface area contributed by atoms with E-state index in [1.165, 1.54) is 19.3 Å². The number of amides is 1. The van der Waals surface area contributed by atoms with Crippen LogP contribution in [0.25, 0.3) is 0 Å². The molecule has 1 amide bonds. The zero-order valence-corrected chi connectivity index (χ0v) is 9.34. The van der Waals surface area contributed by atoms with Crippen LogP contribution in [0.5, 0.6) is 0 Å². The monoisotopic (exact) mass is 196 g/mol. The molecule has 3 nitrogen and oxygen atoms in total. The second kappa shape index (κ2) is 4.60. The molecule has 0 atom stereocenters. The first-order valence-electron chi connectivity index (χ1n) is 5.19. The molecule has 0 radical (unpaired) electrons. The number of allylic oxidation sites excluding steroid dienone is 1. The van der Waals surface area contributed by atoms with Crippen molar-refractivity contribution in [2.75, 3.05) is 20.6 Å². The summed E-state index contributed by atoms with van der Waals surface area (Å²) < 4.78 is 0. The highest BCUT2D eigenvalue weighted by molar-refractivity contribution is 5.87. The maximum Gasteiger partial charge on any atom is 0.243 e. The first-order chi connectivity index (χ1) is 6.60. The van der Waals surface area contributed by atoms with Gasteiger partial charge in [0.2, 0.25) is 5.91 Å². The number of nitrogens with zero attached hydrogens (tertiary/aromatic N) is 1. The Hall–Kier alpha value is -0.830. The minimum absolute atomic E-state index is 0.0145. The molecule has 80 valence electrons. The molecule has 1 rings (SSSR count). The summed E-state index contributed by atoms with van der Waals surface area (Å²) in [7, 11) is 4.17. The van der Waals surface area contributed by atoms with Gasteiger partial charge in [-0.1, -0.05) is 6.08 Å². The minimum atomic E-state index is 0.0145. The van der Waals surface area contributed by atoms with Crippen LogP contribution in [0.15, 0.2) is 12.2 Å². The third-order valence-electron chi connectivity index (χ3n) is 3.14. The molecule has 0 bridgehead atoms. The molecule has 0 saturated heterocycles. The molecule has 1 aliphatic carbocycles. The molecular weight excluding hydrogens is 176 g/mol. The summed E-state index contributed by atoms with van der Waals surface area (Å²) in [5.41, 5.74) is 0.219. The second-order valence-corrected chi connectivity index (χ2v) is 4.19. The molecule has 1 N–H and O–H groups in total. The van der Waals surface area contributed by atoms with Crippen molar-refractivity contribution in [3.05, 3.63) is 12.2 Å². The van der Waals surface area contributed by atoms with Gasteiger partial charge in [0.05, 0.1) is 0 Å². The van der Waals surface area contributed by atoms with E-state index in [-0.39, 0.29) is 11.4 Å². The van der Waals surface area contributed by atoms with Crippen LogP contribution in [0, 0.1) is 0 Å². The predicted octanol–water partition coefficient (Wildman–Crippen LogP) is 1.16. The molecule has 0 heterocycles. The van der Waals surface area contributed by atoms with E-state index in [4.69, 9.17) is 0 Å². The summed E-state index contributed by atoms with van der Waals surface area (Å²) in [6, 6.07) is 0. The summed E-state index contributed by atoms with van der Waals surface area (Å²) in [4.78, 5) is 13.5. The molecule has 0 spiro atoms. The van der Waals surface area contributed by atoms with Gasteiger partial charge in [0, 0.05) is 12.1 Å². The highest BCUT2D eigenvalue weighted by atomic mass is 16.1. The molecule has 0 aromatic rings. The van der Waals surface area contributed by atoms with Gasteiger partial charge < -0.3 is 10.2 Å². The Kier molecular flexibility index (Phi) is 3.69. The van der Waals surface area contributed by atoms with Crippen molar-refractivity contribution in [1.82, 2.24) is 10.2 Å². The van der Waals surface area contributed by atoms with E-state index >= 15 is 0 Å². The molecule has 3 heteroatoms. The van der Waals surface area contributed by atoms with Gasteiger partial charge in [-0.2, -0.15) is 0 Å². The maximum absolute atomic E-state index is 11.2. The lowest BCUT2D eigenvalue weighted by molar-refractivity contribution is -0.117. The summed E-state index contributed by atoms with van der Waals surface area (Å²) in [5.74, 6) is 0.0145. The Morgan fingerprint density at radius 1 is 1.50 bits per heavy atom. The van der Waals surface area contributed by atoms with Gasteiger partial charge in [-0.05, 0) is 46.4 Å². The number of likely N-dealkylation sites (N-methyl/N-ethyl adjacent to an activating group) is 1. The van der Waals surface area contributed by atoms with Gasteiger partial charge >= 0.3 is 0 Å². The molecule has 1 aliphatic rings. The van der Waals surface area contributed by atoms with Crippen LogP contribution in [0.2, 0.25) is 0 Å². The molecule has 1 fully saturated rings. The third-order valence-corrected chi connectivity index (χ3v) is 3.14. The summed E-state index contributed by atoms with van der Waals surface area (Å²) >= 11 is 0. The molecule has 0 aromatic heterocycles. The zero-order valence-electron chi connectivity index (χ0n) is 9.34. The zero-order chi connectivity index (χ0) is 10.6. The van der Waals surface area contributed by atoms with Crippen molar-refractivity contribution in [3.63, 3.8) is 0 Å². The van der Waals surface area contributed by atoms with E-state index in [1.807, 2.05) is 6.92 Å². The molecule has 0 aliphatic heterocycles. The fourth-order valence-corrected chi connectivity index (χ4v) is 1.83. The normalized spacial score (nSPS) is 19.7. The van der Waals surface area contributed by atoms with Crippen LogP contribution in [0.4, 0.5) is 0 Å². The summed E-state index contributed by atoms with van der Waals surface area (Å²) in [5, 5.41) is 2.94. The van der Waals surface area contributed by atoms with Gasteiger partial charge in [0.1, 0.15) is 0 Å². The third kappa shape index (κ3) is 2.35. The van der Waals surface area contributed by atoms with Crippen molar-refractivity contribution in [2.45, 2.75) is 31.7 Å². The first-order valence-corrected chi connectivity index (χ1v) is 5.19. The average molecular weight is 196 g/mol. The Bertz CT molecular complexity index is 229. The van der Waals surface area contributed by atoms with E-state index in [9.17, 15) is 4.79 Å². The standard InChI is InChI=1S/C11H20N2O/c1-4-6-10(14)12-9-11(13(2)3)7-5-8-11/h4,6H,5,7-9H2,1-3H3,(H,12,14)/b6-4+. The SMILES string of the molecule is C/C=C/C(=O)NCC1(N(C)C)CCC1. The molecule has 0 aromatic carbocycles. The van der Waals surface area contributed by atoms with Crippen LogP contribution in [-0.2, 0) is 4.79 Å². The fraction of sp³-hybridized carbons (Fsp3) is 0.727. The molecule has 0 unspecified atom stereocenters. The Morgan fingerprint density at radius 3 is 2.50 bits per heavy atom. The highest BCUT2D eigenvalue weighted by Gasteiger charge is 2.38. The van der Waals surface area contributed by atoms with E-state index in [2.05, 4.69) is 24.3 Å². The van der Waals surface area contributed by atoms with Gasteiger partial charge in [0.15, 0.2) is 0 Å². The molecular formula is C11H20N2O. The predicted molar refractivity (Wildman–Crippen MR) is 58.1 cm³/mol. The van der Waals surface area contributed by atoms with Crippen LogP contribution in [0.3, 0.4) is 0 Å². The van der Waals surface area contributed by atoms with Gasteiger partial charge in [-0.3, -0.25) is 4.79 Å². The van der Waals surface area contributed by atoms with E-state index in [0.717, 1.165) is 6.54 Å². The summed E-state index contributed by atoms with van der Waals surface area (Å²) in [6.07, 6.45) is 6.99.